The Morgan fingerprint density at radius 3 is 2.26 bits per heavy atom. The second-order valence-corrected chi connectivity index (χ2v) is 12.4. The summed E-state index contributed by atoms with van der Waals surface area (Å²) in [5, 5.41) is 9.49. The quantitative estimate of drug-likeness (QED) is 0.587. The highest BCUT2D eigenvalue weighted by atomic mass is 16.7. The van der Waals surface area contributed by atoms with Gasteiger partial charge in [-0.25, -0.2) is 0 Å². The van der Waals surface area contributed by atoms with E-state index in [1.165, 1.54) is 19.3 Å². The van der Waals surface area contributed by atoms with Gasteiger partial charge in [0, 0.05) is 37.2 Å². The van der Waals surface area contributed by atoms with Gasteiger partial charge in [-0.1, -0.05) is 76.2 Å². The maximum atomic E-state index is 9.49. The van der Waals surface area contributed by atoms with Crippen LogP contribution < -0.4 is 5.73 Å². The molecule has 5 rings (SSSR count). The third kappa shape index (κ3) is 5.21. The predicted molar refractivity (Wildman–Crippen MR) is 138 cm³/mol. The zero-order valence-electron chi connectivity index (χ0n) is 21.7. The van der Waals surface area contributed by atoms with Crippen molar-refractivity contribution in [2.45, 2.75) is 84.6 Å². The van der Waals surface area contributed by atoms with Crippen LogP contribution in [0.2, 0.25) is 0 Å². The topological polar surface area (TPSA) is 68.0 Å². The first-order valence-electron chi connectivity index (χ1n) is 13.2. The fourth-order valence-electron chi connectivity index (χ4n) is 7.16. The van der Waals surface area contributed by atoms with E-state index in [1.54, 1.807) is 0 Å². The Morgan fingerprint density at radius 2 is 1.60 bits per heavy atom. The van der Waals surface area contributed by atoms with E-state index >= 15 is 0 Å². The third-order valence-electron chi connectivity index (χ3n) is 8.55. The van der Waals surface area contributed by atoms with Crippen molar-refractivity contribution in [2.24, 2.45) is 22.5 Å². The molecule has 2 unspecified atom stereocenters. The van der Waals surface area contributed by atoms with Crippen LogP contribution in [0.25, 0.3) is 0 Å². The Bertz CT molecular complexity index is 1010. The molecule has 0 radical (unpaired) electrons. The molecule has 0 aromatic heterocycles. The van der Waals surface area contributed by atoms with Gasteiger partial charge >= 0.3 is 0 Å². The zero-order chi connectivity index (χ0) is 24.8. The van der Waals surface area contributed by atoms with E-state index in [1.807, 2.05) is 12.1 Å². The largest absolute Gasteiger partial charge is 0.392 e. The molecule has 3 fully saturated rings. The van der Waals surface area contributed by atoms with E-state index in [-0.39, 0.29) is 24.7 Å². The number of rotatable bonds is 6. The lowest BCUT2D eigenvalue weighted by Crippen LogP contribution is -2.46. The molecule has 6 atom stereocenters. The van der Waals surface area contributed by atoms with Crippen LogP contribution >= 0.6 is 0 Å². The molecule has 3 N–H and O–H groups in total. The summed E-state index contributed by atoms with van der Waals surface area (Å²) in [6.07, 6.45) is 3.43. The van der Waals surface area contributed by atoms with Crippen LogP contribution in [0.15, 0.2) is 48.5 Å². The van der Waals surface area contributed by atoms with Crippen molar-refractivity contribution >= 4 is 0 Å². The smallest absolute Gasteiger partial charge is 0.184 e. The number of benzene rings is 2. The maximum Gasteiger partial charge on any atom is 0.184 e. The van der Waals surface area contributed by atoms with Crippen molar-refractivity contribution in [1.82, 2.24) is 4.90 Å². The van der Waals surface area contributed by atoms with Gasteiger partial charge in [-0.3, -0.25) is 4.90 Å². The lowest BCUT2D eigenvalue weighted by molar-refractivity contribution is -0.276. The van der Waals surface area contributed by atoms with Crippen LogP contribution in [0.4, 0.5) is 0 Å². The summed E-state index contributed by atoms with van der Waals surface area (Å²) in [5.41, 5.74) is 10.8. The lowest BCUT2D eigenvalue weighted by Gasteiger charge is -2.43. The van der Waals surface area contributed by atoms with E-state index in [0.717, 1.165) is 35.3 Å². The van der Waals surface area contributed by atoms with Gasteiger partial charge in [0.05, 0.1) is 18.8 Å². The van der Waals surface area contributed by atoms with Crippen molar-refractivity contribution in [3.63, 3.8) is 0 Å². The molecule has 2 aromatic carbocycles. The van der Waals surface area contributed by atoms with Crippen molar-refractivity contribution in [2.75, 3.05) is 13.1 Å². The van der Waals surface area contributed by atoms with Gasteiger partial charge in [0.1, 0.15) is 0 Å². The van der Waals surface area contributed by atoms with E-state index in [4.69, 9.17) is 15.2 Å². The van der Waals surface area contributed by atoms with Gasteiger partial charge < -0.3 is 20.3 Å². The second-order valence-electron chi connectivity index (χ2n) is 12.4. The second kappa shape index (κ2) is 9.60. The monoisotopic (exact) mass is 478 g/mol. The highest BCUT2D eigenvalue weighted by Crippen LogP contribution is 2.53. The number of fused-ring (bicyclic) bond motifs is 2. The first-order chi connectivity index (χ1) is 16.7. The molecule has 0 spiro atoms. The highest BCUT2D eigenvalue weighted by molar-refractivity contribution is 5.27. The van der Waals surface area contributed by atoms with Crippen molar-refractivity contribution < 1.29 is 14.6 Å². The fourth-order valence-corrected chi connectivity index (χ4v) is 7.16. The Morgan fingerprint density at radius 1 is 0.943 bits per heavy atom. The Labute approximate surface area is 210 Å². The number of hydrogen-bond acceptors (Lipinski definition) is 5. The van der Waals surface area contributed by atoms with Crippen LogP contribution in [-0.4, -0.2) is 35.2 Å². The summed E-state index contributed by atoms with van der Waals surface area (Å²) in [6, 6.07) is 17.1. The van der Waals surface area contributed by atoms with E-state index in [0.29, 0.717) is 23.4 Å². The molecule has 190 valence electrons. The van der Waals surface area contributed by atoms with Crippen molar-refractivity contribution in [3.8, 4) is 0 Å². The average Bonchev–Trinajstić information content (AvgIpc) is 3.08. The minimum Gasteiger partial charge on any atom is -0.392 e. The summed E-state index contributed by atoms with van der Waals surface area (Å²) < 4.78 is 13.3. The molecule has 2 aliphatic heterocycles. The standard InChI is InChI=1S/C30H42N2O3/c1-20-26(16-32-19-30(4)14-25(32)13-29(2,3)18-30)34-28(24-11-5-21(15-31)6-12-24)35-27(20)23-9-7-22(17-33)8-10-23/h5-12,20,25-28,33H,13-19,31H2,1-4H3/t20-,25?,26+,27+,28+,30?/m0/s1. The number of ether oxygens (including phenoxy) is 2. The molecule has 5 heteroatoms. The SMILES string of the molecule is C[C@H]1[C@@H](CN2CC3(C)CC2CC(C)(C)C3)O[C@@H](c2ccc(CN)cc2)O[C@H]1c1ccc(CO)cc1. The molecule has 1 aliphatic carbocycles. The number of hydrogen-bond donors (Lipinski definition) is 2. The summed E-state index contributed by atoms with van der Waals surface area (Å²) in [5.74, 6) is 0.204. The summed E-state index contributed by atoms with van der Waals surface area (Å²) in [6.45, 7) is 12.3. The number of likely N-dealkylation sites (tertiary alicyclic amines) is 1. The van der Waals surface area contributed by atoms with Gasteiger partial charge in [-0.2, -0.15) is 0 Å². The van der Waals surface area contributed by atoms with Crippen LogP contribution in [0.5, 0.6) is 0 Å². The first-order valence-corrected chi connectivity index (χ1v) is 13.2. The molecule has 3 aliphatic rings. The molecule has 0 amide bonds. The van der Waals surface area contributed by atoms with E-state index in [9.17, 15) is 5.11 Å². The molecule has 1 saturated carbocycles. The normalized spacial score (nSPS) is 34.7. The van der Waals surface area contributed by atoms with Crippen molar-refractivity contribution in [3.05, 3.63) is 70.8 Å². The van der Waals surface area contributed by atoms with Crippen LogP contribution in [0, 0.1) is 16.7 Å². The van der Waals surface area contributed by atoms with E-state index in [2.05, 4.69) is 69.0 Å². The molecule has 35 heavy (non-hydrogen) atoms. The maximum absolute atomic E-state index is 9.49. The molecule has 2 saturated heterocycles. The van der Waals surface area contributed by atoms with Gasteiger partial charge in [0.15, 0.2) is 6.29 Å². The molecular weight excluding hydrogens is 436 g/mol. The van der Waals surface area contributed by atoms with Crippen molar-refractivity contribution in [1.29, 1.82) is 0 Å². The first kappa shape index (κ1) is 24.9. The number of aliphatic hydroxyl groups excluding tert-OH is 1. The minimum atomic E-state index is -0.417. The van der Waals surface area contributed by atoms with Gasteiger partial charge in [0.2, 0.25) is 0 Å². The molecule has 2 aromatic rings. The Hall–Kier alpha value is -1.76. The highest BCUT2D eigenvalue weighted by Gasteiger charge is 2.51. The van der Waals surface area contributed by atoms with Crippen LogP contribution in [-0.2, 0) is 22.6 Å². The molecule has 5 nitrogen and oxygen atoms in total. The van der Waals surface area contributed by atoms with Gasteiger partial charge in [0.25, 0.3) is 0 Å². The van der Waals surface area contributed by atoms with E-state index < -0.39 is 6.29 Å². The Balaban J connectivity index is 1.41. The molecular formula is C30H42N2O3. The summed E-state index contributed by atoms with van der Waals surface area (Å²) >= 11 is 0. The third-order valence-corrected chi connectivity index (χ3v) is 8.55. The molecule has 2 bridgehead atoms. The average molecular weight is 479 g/mol. The van der Waals surface area contributed by atoms with Gasteiger partial charge in [-0.05, 0) is 46.8 Å². The van der Waals surface area contributed by atoms with Crippen LogP contribution in [0.1, 0.15) is 81.6 Å². The van der Waals surface area contributed by atoms with Gasteiger partial charge in [-0.15, -0.1) is 0 Å². The number of aliphatic hydroxyl groups is 1. The Kier molecular flexibility index (Phi) is 6.84. The number of nitrogens with zero attached hydrogens (tertiary/aromatic N) is 1. The fraction of sp³-hybridized carbons (Fsp3) is 0.600. The summed E-state index contributed by atoms with van der Waals surface area (Å²) in [4.78, 5) is 2.71. The summed E-state index contributed by atoms with van der Waals surface area (Å²) in [7, 11) is 0. The predicted octanol–water partition coefficient (Wildman–Crippen LogP) is 5.33. The zero-order valence-corrected chi connectivity index (χ0v) is 21.7. The molecule has 2 heterocycles. The number of nitrogens with two attached hydrogens (primary N) is 1. The lowest BCUT2D eigenvalue weighted by atomic mass is 9.65. The van der Waals surface area contributed by atoms with Crippen LogP contribution in [0.3, 0.4) is 0 Å². The minimum absolute atomic E-state index is 0.0503.